The van der Waals surface area contributed by atoms with Crippen molar-refractivity contribution in [2.24, 2.45) is 0 Å². The highest BCUT2D eigenvalue weighted by molar-refractivity contribution is 6.46. The van der Waals surface area contributed by atoms with Crippen LogP contribution in [0.25, 0.3) is 5.76 Å². The summed E-state index contributed by atoms with van der Waals surface area (Å²) in [5, 5.41) is 11.0. The first kappa shape index (κ1) is 21.8. The summed E-state index contributed by atoms with van der Waals surface area (Å²) < 4.78 is 0. The minimum atomic E-state index is -0.617. The molecule has 158 valence electrons. The van der Waals surface area contributed by atoms with Gasteiger partial charge in [0.1, 0.15) is 5.76 Å². The average molecular weight is 408 g/mol. The topological polar surface area (TPSA) is 62.0 Å². The fraction of sp³-hybridized carbons (Fsp3) is 0.360. The molecule has 5 heteroatoms. The standard InChI is InChI=1S/C25H30N2O3/c1-5-26(6-2)15-16-27-22(19-11-7-17(3)8-12-19)21(24(29)25(27)30)23(28)20-13-9-18(4)10-14-20/h7-14,22,28H,5-6,15-16H2,1-4H3/p+1/t22-/m1/s1. The van der Waals surface area contributed by atoms with Gasteiger partial charge in [0.25, 0.3) is 11.7 Å². The third-order valence-corrected chi connectivity index (χ3v) is 5.96. The number of amides is 1. The van der Waals surface area contributed by atoms with Gasteiger partial charge in [0.15, 0.2) is 0 Å². The summed E-state index contributed by atoms with van der Waals surface area (Å²) in [4.78, 5) is 29.0. The maximum Gasteiger partial charge on any atom is 0.295 e. The number of hydrogen-bond acceptors (Lipinski definition) is 3. The summed E-state index contributed by atoms with van der Waals surface area (Å²) in [6.07, 6.45) is 0. The molecule has 1 fully saturated rings. The van der Waals surface area contributed by atoms with Gasteiger partial charge in [-0.15, -0.1) is 0 Å². The molecule has 3 rings (SSSR count). The van der Waals surface area contributed by atoms with Gasteiger partial charge in [-0.2, -0.15) is 0 Å². The van der Waals surface area contributed by atoms with Gasteiger partial charge < -0.3 is 14.9 Å². The molecule has 0 aromatic heterocycles. The van der Waals surface area contributed by atoms with Crippen molar-refractivity contribution in [3.8, 4) is 0 Å². The molecule has 1 heterocycles. The third-order valence-electron chi connectivity index (χ3n) is 5.96. The molecule has 0 bridgehead atoms. The van der Waals surface area contributed by atoms with Crippen LogP contribution in [0.15, 0.2) is 54.1 Å². The number of aliphatic hydroxyl groups excluding tert-OH is 1. The Balaban J connectivity index is 2.08. The molecule has 0 saturated carbocycles. The summed E-state index contributed by atoms with van der Waals surface area (Å²) in [6, 6.07) is 14.6. The summed E-state index contributed by atoms with van der Waals surface area (Å²) in [5.74, 6) is -1.27. The second-order valence-corrected chi connectivity index (χ2v) is 7.98. The lowest BCUT2D eigenvalue weighted by Crippen LogP contribution is -3.12. The molecule has 2 aromatic carbocycles. The second-order valence-electron chi connectivity index (χ2n) is 7.98. The predicted octanol–water partition coefficient (Wildman–Crippen LogP) is 2.65. The SMILES string of the molecule is CC[NH+](CC)CCN1C(=O)C(=O)C(=C(O)c2ccc(C)cc2)[C@H]1c1ccc(C)cc1. The van der Waals surface area contributed by atoms with E-state index < -0.39 is 17.7 Å². The van der Waals surface area contributed by atoms with Crippen molar-refractivity contribution in [1.29, 1.82) is 0 Å². The maximum atomic E-state index is 13.0. The summed E-state index contributed by atoms with van der Waals surface area (Å²) >= 11 is 0. The van der Waals surface area contributed by atoms with Crippen LogP contribution < -0.4 is 4.90 Å². The summed E-state index contributed by atoms with van der Waals surface area (Å²) in [7, 11) is 0. The molecule has 0 radical (unpaired) electrons. The van der Waals surface area contributed by atoms with E-state index in [1.807, 2.05) is 50.2 Å². The number of hydrogen-bond donors (Lipinski definition) is 2. The molecule has 1 aliphatic rings. The number of rotatable bonds is 7. The minimum absolute atomic E-state index is 0.114. The zero-order chi connectivity index (χ0) is 21.8. The number of quaternary nitrogens is 1. The van der Waals surface area contributed by atoms with Crippen LogP contribution in [0.3, 0.4) is 0 Å². The maximum absolute atomic E-state index is 13.0. The Morgan fingerprint density at radius 2 is 1.47 bits per heavy atom. The predicted molar refractivity (Wildman–Crippen MR) is 118 cm³/mol. The molecule has 0 spiro atoms. The van der Waals surface area contributed by atoms with E-state index in [0.29, 0.717) is 12.1 Å². The van der Waals surface area contributed by atoms with Gasteiger partial charge in [-0.25, -0.2) is 0 Å². The van der Waals surface area contributed by atoms with Crippen molar-refractivity contribution in [1.82, 2.24) is 4.90 Å². The number of aryl methyl sites for hydroxylation is 2. The number of nitrogens with zero attached hydrogens (tertiary/aromatic N) is 1. The first-order valence-electron chi connectivity index (χ1n) is 10.6. The van der Waals surface area contributed by atoms with Crippen LogP contribution in [-0.4, -0.2) is 47.9 Å². The number of carbonyl (C=O) groups is 2. The third kappa shape index (κ3) is 4.31. The normalized spacial score (nSPS) is 18.4. The first-order chi connectivity index (χ1) is 14.4. The fourth-order valence-electron chi connectivity index (χ4n) is 3.95. The van der Waals surface area contributed by atoms with Crippen LogP contribution in [0, 0.1) is 13.8 Å². The van der Waals surface area contributed by atoms with Crippen LogP contribution in [0.5, 0.6) is 0 Å². The van der Waals surface area contributed by atoms with Crippen molar-refractivity contribution in [2.75, 3.05) is 26.2 Å². The highest BCUT2D eigenvalue weighted by Crippen LogP contribution is 2.39. The Labute approximate surface area is 178 Å². The van der Waals surface area contributed by atoms with Crippen molar-refractivity contribution in [2.45, 2.75) is 33.7 Å². The lowest BCUT2D eigenvalue weighted by Gasteiger charge is -2.27. The van der Waals surface area contributed by atoms with E-state index in [4.69, 9.17) is 0 Å². The number of likely N-dealkylation sites (N-methyl/N-ethyl adjacent to an activating group) is 1. The number of Topliss-reactive ketones (excluding diaryl/α,β-unsaturated/α-hetero) is 1. The van der Waals surface area contributed by atoms with Gasteiger partial charge in [0, 0.05) is 5.56 Å². The zero-order valence-electron chi connectivity index (χ0n) is 18.2. The highest BCUT2D eigenvalue weighted by atomic mass is 16.3. The Bertz CT molecular complexity index is 941. The van der Waals surface area contributed by atoms with E-state index in [-0.39, 0.29) is 11.3 Å². The molecule has 1 saturated heterocycles. The van der Waals surface area contributed by atoms with Crippen LogP contribution in [0.1, 0.15) is 42.1 Å². The number of ketones is 1. The Morgan fingerprint density at radius 1 is 0.933 bits per heavy atom. The van der Waals surface area contributed by atoms with Gasteiger partial charge in [-0.05, 0) is 33.3 Å². The molecule has 5 nitrogen and oxygen atoms in total. The van der Waals surface area contributed by atoms with Crippen molar-refractivity contribution < 1.29 is 19.6 Å². The molecule has 1 atom stereocenters. The summed E-state index contributed by atoms with van der Waals surface area (Å²) in [5.41, 5.74) is 3.71. The van der Waals surface area contributed by atoms with Gasteiger partial charge in [0.2, 0.25) is 0 Å². The number of carbonyl (C=O) groups excluding carboxylic acids is 2. The Hall–Kier alpha value is -2.92. The molecule has 1 aliphatic heterocycles. The smallest absolute Gasteiger partial charge is 0.295 e. The monoisotopic (exact) mass is 407 g/mol. The van der Waals surface area contributed by atoms with Crippen LogP contribution in [-0.2, 0) is 9.59 Å². The molecule has 30 heavy (non-hydrogen) atoms. The number of likely N-dealkylation sites (tertiary alicyclic amines) is 1. The van der Waals surface area contributed by atoms with Crippen LogP contribution in [0.2, 0.25) is 0 Å². The molecule has 1 amide bonds. The number of benzene rings is 2. The van der Waals surface area contributed by atoms with E-state index in [2.05, 4.69) is 13.8 Å². The Kier molecular flexibility index (Phi) is 6.73. The van der Waals surface area contributed by atoms with Crippen LogP contribution >= 0.6 is 0 Å². The van der Waals surface area contributed by atoms with Crippen LogP contribution in [0.4, 0.5) is 0 Å². The van der Waals surface area contributed by atoms with Gasteiger partial charge in [-0.3, -0.25) is 9.59 Å². The molecule has 2 aromatic rings. The number of nitrogens with one attached hydrogen (secondary N) is 1. The highest BCUT2D eigenvalue weighted by Gasteiger charge is 2.46. The first-order valence-corrected chi connectivity index (χ1v) is 10.6. The number of aliphatic hydroxyl groups is 1. The van der Waals surface area contributed by atoms with E-state index >= 15 is 0 Å². The molecular weight excluding hydrogens is 376 g/mol. The quantitative estimate of drug-likeness (QED) is 0.421. The van der Waals surface area contributed by atoms with Gasteiger partial charge >= 0.3 is 0 Å². The van der Waals surface area contributed by atoms with E-state index in [1.54, 1.807) is 17.0 Å². The largest absolute Gasteiger partial charge is 0.507 e. The zero-order valence-corrected chi connectivity index (χ0v) is 18.2. The lowest BCUT2D eigenvalue weighted by molar-refractivity contribution is -0.895. The van der Waals surface area contributed by atoms with E-state index in [9.17, 15) is 14.7 Å². The molecule has 0 aliphatic carbocycles. The van der Waals surface area contributed by atoms with Crippen molar-refractivity contribution in [3.63, 3.8) is 0 Å². The van der Waals surface area contributed by atoms with Gasteiger partial charge in [0.05, 0.1) is 37.8 Å². The minimum Gasteiger partial charge on any atom is -0.507 e. The van der Waals surface area contributed by atoms with Gasteiger partial charge in [-0.1, -0.05) is 59.7 Å². The Morgan fingerprint density at radius 3 is 2.00 bits per heavy atom. The summed E-state index contributed by atoms with van der Waals surface area (Å²) in [6.45, 7) is 11.3. The van der Waals surface area contributed by atoms with E-state index in [1.165, 1.54) is 4.90 Å². The molecule has 2 N–H and O–H groups in total. The van der Waals surface area contributed by atoms with Crippen molar-refractivity contribution >= 4 is 17.4 Å². The molecule has 0 unspecified atom stereocenters. The fourth-order valence-corrected chi connectivity index (χ4v) is 3.95. The van der Waals surface area contributed by atoms with E-state index in [0.717, 1.165) is 36.3 Å². The molecular formula is C25H31N2O3+. The second kappa shape index (κ2) is 9.26. The van der Waals surface area contributed by atoms with Crippen molar-refractivity contribution in [3.05, 3.63) is 76.4 Å². The lowest BCUT2D eigenvalue weighted by atomic mass is 9.94. The average Bonchev–Trinajstić information content (AvgIpc) is 3.00.